The molecule has 0 aromatic heterocycles. The van der Waals surface area contributed by atoms with E-state index in [1.165, 1.54) is 0 Å². The minimum Gasteiger partial charge on any atom is -0.340 e. The van der Waals surface area contributed by atoms with Crippen molar-refractivity contribution in [1.82, 2.24) is 9.80 Å². The third-order valence-corrected chi connectivity index (χ3v) is 2.99. The first kappa shape index (κ1) is 11.5. The van der Waals surface area contributed by atoms with E-state index in [0.717, 1.165) is 32.6 Å². The van der Waals surface area contributed by atoms with E-state index in [4.69, 9.17) is 0 Å². The molecule has 0 saturated carbocycles. The fourth-order valence-electron chi connectivity index (χ4n) is 2.06. The number of carbonyl (C=O) groups excluding carboxylic acids is 1. The van der Waals surface area contributed by atoms with Crippen molar-refractivity contribution in [3.05, 3.63) is 0 Å². The summed E-state index contributed by atoms with van der Waals surface area (Å²) in [5, 5.41) is 0. The van der Waals surface area contributed by atoms with Crippen LogP contribution in [0.1, 0.15) is 33.6 Å². The van der Waals surface area contributed by atoms with Crippen molar-refractivity contribution in [2.45, 2.75) is 39.7 Å². The fourth-order valence-corrected chi connectivity index (χ4v) is 2.06. The van der Waals surface area contributed by atoms with Gasteiger partial charge < -0.3 is 4.90 Å². The first-order valence-corrected chi connectivity index (χ1v) is 5.70. The average molecular weight is 198 g/mol. The van der Waals surface area contributed by atoms with Crippen molar-refractivity contribution in [3.8, 4) is 0 Å². The van der Waals surface area contributed by atoms with Crippen LogP contribution in [0.4, 0.5) is 0 Å². The maximum Gasteiger partial charge on any atom is 0.222 e. The van der Waals surface area contributed by atoms with Crippen molar-refractivity contribution in [2.24, 2.45) is 0 Å². The van der Waals surface area contributed by atoms with Gasteiger partial charge in [-0.25, -0.2) is 0 Å². The first-order chi connectivity index (χ1) is 6.69. The van der Waals surface area contributed by atoms with Gasteiger partial charge in [0, 0.05) is 32.1 Å². The maximum atomic E-state index is 11.6. The van der Waals surface area contributed by atoms with Gasteiger partial charge in [0.05, 0.1) is 0 Å². The lowest BCUT2D eigenvalue weighted by Crippen LogP contribution is -2.53. The summed E-state index contributed by atoms with van der Waals surface area (Å²) in [5.74, 6) is 0.329. The molecule has 3 heteroatoms. The number of likely N-dealkylation sites (N-methyl/N-ethyl adjacent to an activating group) is 1. The van der Waals surface area contributed by atoms with Crippen LogP contribution in [0.3, 0.4) is 0 Å². The van der Waals surface area contributed by atoms with E-state index in [0.29, 0.717) is 18.4 Å². The van der Waals surface area contributed by atoms with E-state index >= 15 is 0 Å². The Morgan fingerprint density at radius 3 is 2.57 bits per heavy atom. The summed E-state index contributed by atoms with van der Waals surface area (Å²) in [7, 11) is 0. The quantitative estimate of drug-likeness (QED) is 0.683. The molecule has 1 aliphatic rings. The van der Waals surface area contributed by atoms with Crippen LogP contribution in [0.2, 0.25) is 0 Å². The molecule has 0 aliphatic carbocycles. The highest BCUT2D eigenvalue weighted by molar-refractivity contribution is 5.76. The number of rotatable bonds is 3. The van der Waals surface area contributed by atoms with Gasteiger partial charge >= 0.3 is 0 Å². The molecular formula is C11H22N2O. The Labute approximate surface area is 87.1 Å². The molecule has 14 heavy (non-hydrogen) atoms. The average Bonchev–Trinajstić information content (AvgIpc) is 2.18. The van der Waals surface area contributed by atoms with Gasteiger partial charge in [0.25, 0.3) is 0 Å². The van der Waals surface area contributed by atoms with E-state index in [-0.39, 0.29) is 0 Å². The lowest BCUT2D eigenvalue weighted by atomic mass is 10.1. The number of nitrogens with zero attached hydrogens (tertiary/aromatic N) is 2. The number of hydrogen-bond donors (Lipinski definition) is 0. The van der Waals surface area contributed by atoms with Crippen LogP contribution in [0.25, 0.3) is 0 Å². The molecule has 1 atom stereocenters. The highest BCUT2D eigenvalue weighted by Crippen LogP contribution is 2.10. The predicted molar refractivity (Wildman–Crippen MR) is 58.2 cm³/mol. The number of piperazine rings is 1. The highest BCUT2D eigenvalue weighted by Gasteiger charge is 2.24. The summed E-state index contributed by atoms with van der Waals surface area (Å²) >= 11 is 0. The van der Waals surface area contributed by atoms with Crippen molar-refractivity contribution in [1.29, 1.82) is 0 Å². The molecule has 0 aromatic rings. The van der Waals surface area contributed by atoms with E-state index in [1.54, 1.807) is 0 Å². The largest absolute Gasteiger partial charge is 0.340 e. The zero-order valence-corrected chi connectivity index (χ0v) is 9.62. The zero-order valence-electron chi connectivity index (χ0n) is 9.62. The number of hydrogen-bond acceptors (Lipinski definition) is 2. The van der Waals surface area contributed by atoms with E-state index in [2.05, 4.69) is 25.7 Å². The summed E-state index contributed by atoms with van der Waals surface area (Å²) < 4.78 is 0. The second-order valence-electron chi connectivity index (χ2n) is 4.07. The summed E-state index contributed by atoms with van der Waals surface area (Å²) in [4.78, 5) is 16.1. The van der Waals surface area contributed by atoms with Gasteiger partial charge in [0.15, 0.2) is 0 Å². The lowest BCUT2D eigenvalue weighted by molar-refractivity contribution is -0.134. The smallest absolute Gasteiger partial charge is 0.222 e. The molecule has 3 nitrogen and oxygen atoms in total. The zero-order chi connectivity index (χ0) is 10.6. The molecule has 0 N–H and O–H groups in total. The lowest BCUT2D eigenvalue weighted by Gasteiger charge is -2.39. The molecule has 1 aliphatic heterocycles. The summed E-state index contributed by atoms with van der Waals surface area (Å²) in [6.07, 6.45) is 1.67. The van der Waals surface area contributed by atoms with Crippen LogP contribution in [0.5, 0.6) is 0 Å². The van der Waals surface area contributed by atoms with E-state index in [1.807, 2.05) is 4.90 Å². The van der Waals surface area contributed by atoms with Crippen LogP contribution in [0, 0.1) is 0 Å². The van der Waals surface area contributed by atoms with E-state index < -0.39 is 0 Å². The first-order valence-electron chi connectivity index (χ1n) is 5.70. The van der Waals surface area contributed by atoms with Gasteiger partial charge in [-0.3, -0.25) is 9.69 Å². The third-order valence-electron chi connectivity index (χ3n) is 2.99. The molecule has 0 bridgehead atoms. The molecule has 1 heterocycles. The maximum absolute atomic E-state index is 11.6. The molecule has 1 unspecified atom stereocenters. The molecular weight excluding hydrogens is 176 g/mol. The molecule has 0 aromatic carbocycles. The standard InChI is InChI=1S/C11H22N2O/c1-4-6-11(14)13-8-7-12(5-2)10(3)9-13/h10H,4-9H2,1-3H3. The molecule has 1 saturated heterocycles. The Hall–Kier alpha value is -0.570. The highest BCUT2D eigenvalue weighted by atomic mass is 16.2. The second kappa shape index (κ2) is 5.35. The molecule has 0 spiro atoms. The Balaban J connectivity index is 2.41. The van der Waals surface area contributed by atoms with Crippen LogP contribution in [0.15, 0.2) is 0 Å². The fraction of sp³-hybridized carbons (Fsp3) is 0.909. The SMILES string of the molecule is CCCC(=O)N1CCN(CC)C(C)C1. The van der Waals surface area contributed by atoms with Gasteiger partial charge in [0.1, 0.15) is 0 Å². The van der Waals surface area contributed by atoms with Gasteiger partial charge in [-0.05, 0) is 19.9 Å². The Morgan fingerprint density at radius 1 is 1.36 bits per heavy atom. The molecule has 1 fully saturated rings. The number of carbonyl (C=O) groups is 1. The topological polar surface area (TPSA) is 23.6 Å². The van der Waals surface area contributed by atoms with Crippen molar-refractivity contribution < 1.29 is 4.79 Å². The third kappa shape index (κ3) is 2.71. The van der Waals surface area contributed by atoms with Gasteiger partial charge in [0.2, 0.25) is 5.91 Å². The van der Waals surface area contributed by atoms with Crippen LogP contribution in [-0.2, 0) is 4.79 Å². The minimum atomic E-state index is 0.329. The molecule has 1 rings (SSSR count). The Bertz CT molecular complexity index is 194. The summed E-state index contributed by atoms with van der Waals surface area (Å²) in [6.45, 7) is 10.4. The van der Waals surface area contributed by atoms with Gasteiger partial charge in [-0.2, -0.15) is 0 Å². The van der Waals surface area contributed by atoms with Crippen LogP contribution in [-0.4, -0.2) is 47.9 Å². The minimum absolute atomic E-state index is 0.329. The van der Waals surface area contributed by atoms with Gasteiger partial charge in [-0.1, -0.05) is 13.8 Å². The molecule has 82 valence electrons. The van der Waals surface area contributed by atoms with Crippen LogP contribution < -0.4 is 0 Å². The molecule has 1 amide bonds. The summed E-state index contributed by atoms with van der Waals surface area (Å²) in [6, 6.07) is 0.523. The van der Waals surface area contributed by atoms with Crippen LogP contribution >= 0.6 is 0 Å². The number of amides is 1. The second-order valence-corrected chi connectivity index (χ2v) is 4.07. The summed E-state index contributed by atoms with van der Waals surface area (Å²) in [5.41, 5.74) is 0. The van der Waals surface area contributed by atoms with Crippen molar-refractivity contribution in [2.75, 3.05) is 26.2 Å². The predicted octanol–water partition coefficient (Wildman–Crippen LogP) is 1.34. The van der Waals surface area contributed by atoms with E-state index in [9.17, 15) is 4.79 Å². The Kier molecular flexibility index (Phi) is 4.39. The van der Waals surface area contributed by atoms with Gasteiger partial charge in [-0.15, -0.1) is 0 Å². The van der Waals surface area contributed by atoms with Crippen molar-refractivity contribution in [3.63, 3.8) is 0 Å². The molecule has 0 radical (unpaired) electrons. The normalized spacial score (nSPS) is 23.9. The Morgan fingerprint density at radius 2 is 2.07 bits per heavy atom. The van der Waals surface area contributed by atoms with Crippen molar-refractivity contribution >= 4 is 5.91 Å². The monoisotopic (exact) mass is 198 g/mol.